The number of amides is 1. The molecule has 1 aromatic carbocycles. The predicted octanol–water partition coefficient (Wildman–Crippen LogP) is 1.58. The molecule has 1 N–H and O–H groups in total. The Hall–Kier alpha value is -2.64. The number of nitrogens with one attached hydrogen (secondary N) is 1. The van der Waals surface area contributed by atoms with Crippen LogP contribution in [0.25, 0.3) is 0 Å². The number of aromatic nitrogens is 2. The van der Waals surface area contributed by atoms with Gasteiger partial charge in [0, 0.05) is 17.8 Å². The Morgan fingerprint density at radius 2 is 1.86 bits per heavy atom. The van der Waals surface area contributed by atoms with Crippen LogP contribution in [0.5, 0.6) is 0 Å². The van der Waals surface area contributed by atoms with E-state index in [9.17, 15) is 22.8 Å². The predicted molar refractivity (Wildman–Crippen MR) is 72.4 cm³/mol. The molecule has 116 valence electrons. The van der Waals surface area contributed by atoms with Crippen molar-refractivity contribution < 1.29 is 18.0 Å². The van der Waals surface area contributed by atoms with Gasteiger partial charge in [-0.05, 0) is 17.7 Å². The van der Waals surface area contributed by atoms with Crippen molar-refractivity contribution in [1.82, 2.24) is 14.9 Å². The lowest BCUT2D eigenvalue weighted by Crippen LogP contribution is -2.33. The number of alkyl halides is 3. The van der Waals surface area contributed by atoms with Crippen molar-refractivity contribution in [2.75, 3.05) is 6.54 Å². The number of carbonyl (C=O) groups is 1. The molecule has 1 aromatic heterocycles. The lowest BCUT2D eigenvalue weighted by atomic mass is 10.1. The molecule has 2 aromatic rings. The number of halogens is 3. The molecule has 0 fully saturated rings. The van der Waals surface area contributed by atoms with Crippen molar-refractivity contribution in [1.29, 1.82) is 0 Å². The fourth-order valence-corrected chi connectivity index (χ4v) is 1.74. The molecule has 0 unspecified atom stereocenters. The first-order valence-corrected chi connectivity index (χ1v) is 6.29. The van der Waals surface area contributed by atoms with E-state index in [0.29, 0.717) is 0 Å². The van der Waals surface area contributed by atoms with Gasteiger partial charge in [0.2, 0.25) is 0 Å². The van der Waals surface area contributed by atoms with E-state index in [4.69, 9.17) is 0 Å². The molecule has 5 nitrogen and oxygen atoms in total. The highest BCUT2D eigenvalue weighted by molar-refractivity contribution is 5.94. The van der Waals surface area contributed by atoms with Gasteiger partial charge in [-0.2, -0.15) is 13.2 Å². The van der Waals surface area contributed by atoms with E-state index in [2.05, 4.69) is 4.98 Å². The minimum atomic E-state index is -4.45. The molecule has 8 heteroatoms. The summed E-state index contributed by atoms with van der Waals surface area (Å²) in [6, 6.07) is 7.27. The smallest absolute Gasteiger partial charge is 0.343 e. The van der Waals surface area contributed by atoms with E-state index in [-0.39, 0.29) is 17.7 Å². The first-order chi connectivity index (χ1) is 10.3. The molecule has 0 atom stereocenters. The second-order valence-corrected chi connectivity index (χ2v) is 4.54. The van der Waals surface area contributed by atoms with Crippen molar-refractivity contribution in [3.63, 3.8) is 0 Å². The number of hydrogen-bond donors (Lipinski definition) is 1. The van der Waals surface area contributed by atoms with Crippen LogP contribution in [0.15, 0.2) is 47.7 Å². The van der Waals surface area contributed by atoms with Crippen LogP contribution in [0.3, 0.4) is 0 Å². The normalized spacial score (nSPS) is 11.2. The molecule has 0 saturated carbocycles. The van der Waals surface area contributed by atoms with E-state index in [0.717, 1.165) is 5.56 Å². The third-order valence-corrected chi connectivity index (χ3v) is 2.81. The standard InChI is InChI=1S/C14H12F3N3O2/c15-14(16,17)8-19-13(22)11-3-1-10(2-4-11)7-20-9-18-6-5-12(20)21/h1-6,9H,7-8H2,(H,19,22). The highest BCUT2D eigenvalue weighted by atomic mass is 19.4. The zero-order valence-electron chi connectivity index (χ0n) is 11.3. The maximum absolute atomic E-state index is 12.0. The molecule has 0 saturated heterocycles. The lowest BCUT2D eigenvalue weighted by Gasteiger charge is -2.09. The van der Waals surface area contributed by atoms with Crippen LogP contribution in [-0.4, -0.2) is 28.2 Å². The molecule has 0 spiro atoms. The van der Waals surface area contributed by atoms with Crippen LogP contribution in [0.1, 0.15) is 15.9 Å². The number of carbonyl (C=O) groups excluding carboxylic acids is 1. The zero-order valence-corrected chi connectivity index (χ0v) is 11.3. The molecule has 22 heavy (non-hydrogen) atoms. The van der Waals surface area contributed by atoms with Gasteiger partial charge >= 0.3 is 6.18 Å². The monoisotopic (exact) mass is 311 g/mol. The summed E-state index contributed by atoms with van der Waals surface area (Å²) in [5.74, 6) is -0.803. The summed E-state index contributed by atoms with van der Waals surface area (Å²) < 4.78 is 37.4. The number of nitrogens with zero attached hydrogens (tertiary/aromatic N) is 2. The summed E-state index contributed by atoms with van der Waals surface area (Å²) in [4.78, 5) is 26.9. The molecular weight excluding hydrogens is 299 g/mol. The van der Waals surface area contributed by atoms with Gasteiger partial charge in [-0.1, -0.05) is 12.1 Å². The van der Waals surface area contributed by atoms with Crippen molar-refractivity contribution in [3.8, 4) is 0 Å². The maximum Gasteiger partial charge on any atom is 0.405 e. The van der Waals surface area contributed by atoms with Crippen molar-refractivity contribution in [2.24, 2.45) is 0 Å². The summed E-state index contributed by atoms with van der Waals surface area (Å²) >= 11 is 0. The summed E-state index contributed by atoms with van der Waals surface area (Å²) in [7, 11) is 0. The highest BCUT2D eigenvalue weighted by Crippen LogP contribution is 2.13. The quantitative estimate of drug-likeness (QED) is 0.932. The van der Waals surface area contributed by atoms with Crippen LogP contribution in [0.4, 0.5) is 13.2 Å². The van der Waals surface area contributed by atoms with Crippen LogP contribution in [-0.2, 0) is 6.54 Å². The molecule has 0 aliphatic carbocycles. The van der Waals surface area contributed by atoms with Crippen LogP contribution in [0.2, 0.25) is 0 Å². The minimum absolute atomic E-state index is 0.117. The summed E-state index contributed by atoms with van der Waals surface area (Å²) in [5.41, 5.74) is 0.621. The van der Waals surface area contributed by atoms with Crippen molar-refractivity contribution in [2.45, 2.75) is 12.7 Å². The number of rotatable bonds is 4. The summed E-state index contributed by atoms with van der Waals surface area (Å²) in [5, 5.41) is 1.79. The molecular formula is C14H12F3N3O2. The molecule has 1 amide bonds. The van der Waals surface area contributed by atoms with E-state index in [1.807, 2.05) is 0 Å². The van der Waals surface area contributed by atoms with Gasteiger partial charge in [-0.15, -0.1) is 0 Å². The van der Waals surface area contributed by atoms with Gasteiger partial charge in [0.1, 0.15) is 6.54 Å². The largest absolute Gasteiger partial charge is 0.405 e. The average molecular weight is 311 g/mol. The van der Waals surface area contributed by atoms with Crippen molar-refractivity contribution >= 4 is 5.91 Å². The van der Waals surface area contributed by atoms with Crippen LogP contribution in [0, 0.1) is 0 Å². The molecule has 2 rings (SSSR count). The first kappa shape index (κ1) is 15.7. The van der Waals surface area contributed by atoms with Gasteiger partial charge in [0.15, 0.2) is 0 Å². The van der Waals surface area contributed by atoms with E-state index in [1.165, 1.54) is 35.3 Å². The van der Waals surface area contributed by atoms with E-state index < -0.39 is 18.6 Å². The third kappa shape index (κ3) is 4.44. The topological polar surface area (TPSA) is 64.0 Å². The second kappa shape index (κ2) is 6.42. The Kier molecular flexibility index (Phi) is 4.59. The van der Waals surface area contributed by atoms with Gasteiger partial charge < -0.3 is 5.32 Å². The van der Waals surface area contributed by atoms with E-state index >= 15 is 0 Å². The molecule has 1 heterocycles. The van der Waals surface area contributed by atoms with Crippen LogP contribution < -0.4 is 10.9 Å². The molecule has 0 radical (unpaired) electrons. The number of hydrogen-bond acceptors (Lipinski definition) is 3. The zero-order chi connectivity index (χ0) is 16.2. The van der Waals surface area contributed by atoms with Gasteiger partial charge in [0.25, 0.3) is 11.5 Å². The Balaban J connectivity index is 2.03. The Bertz CT molecular complexity index is 708. The summed E-state index contributed by atoms with van der Waals surface area (Å²) in [6.45, 7) is -1.12. The van der Waals surface area contributed by atoms with Crippen molar-refractivity contribution in [3.05, 3.63) is 64.3 Å². The average Bonchev–Trinajstić information content (AvgIpc) is 2.47. The maximum atomic E-state index is 12.0. The fourth-order valence-electron chi connectivity index (χ4n) is 1.74. The summed E-state index contributed by atoms with van der Waals surface area (Å²) in [6.07, 6.45) is -1.68. The molecule has 0 aliphatic heterocycles. The van der Waals surface area contributed by atoms with E-state index in [1.54, 1.807) is 17.4 Å². The van der Waals surface area contributed by atoms with Gasteiger partial charge in [0.05, 0.1) is 12.9 Å². The van der Waals surface area contributed by atoms with Gasteiger partial charge in [-0.3, -0.25) is 14.2 Å². The SMILES string of the molecule is O=C(NCC(F)(F)F)c1ccc(Cn2cnccc2=O)cc1. The third-order valence-electron chi connectivity index (χ3n) is 2.81. The fraction of sp³-hybridized carbons (Fsp3) is 0.214. The number of benzene rings is 1. The Morgan fingerprint density at radius 1 is 1.18 bits per heavy atom. The van der Waals surface area contributed by atoms with Crippen LogP contribution >= 0.6 is 0 Å². The second-order valence-electron chi connectivity index (χ2n) is 4.54. The molecule has 0 aliphatic rings. The minimum Gasteiger partial charge on any atom is -0.343 e. The first-order valence-electron chi connectivity index (χ1n) is 6.29. The Morgan fingerprint density at radius 3 is 2.45 bits per heavy atom. The highest BCUT2D eigenvalue weighted by Gasteiger charge is 2.27. The van der Waals surface area contributed by atoms with Gasteiger partial charge in [-0.25, -0.2) is 4.98 Å². The molecule has 0 bridgehead atoms. The Labute approximate surface area is 123 Å². The lowest BCUT2D eigenvalue weighted by molar-refractivity contribution is -0.123.